The molecule has 0 amide bonds. The Balaban J connectivity index is 2.04. The minimum absolute atomic E-state index is 0.132. The predicted octanol–water partition coefficient (Wildman–Crippen LogP) is 7.37. The Hall–Kier alpha value is -2.26. The monoisotopic (exact) mass is 561 g/mol. The Bertz CT molecular complexity index is 1060. The van der Waals surface area contributed by atoms with Crippen molar-refractivity contribution >= 4 is 22.2 Å². The third-order valence-electron chi connectivity index (χ3n) is 7.98. The third-order valence-corrected chi connectivity index (χ3v) is 10.0. The molecule has 39 heavy (non-hydrogen) atoms. The van der Waals surface area contributed by atoms with Gasteiger partial charge in [0.1, 0.15) is 5.75 Å². The highest BCUT2D eigenvalue weighted by atomic mass is 32.3. The van der Waals surface area contributed by atoms with Crippen molar-refractivity contribution in [2.45, 2.75) is 88.6 Å². The molecule has 0 saturated heterocycles. The van der Waals surface area contributed by atoms with Crippen LogP contribution in [0, 0.1) is 5.41 Å². The molecule has 7 nitrogen and oxygen atoms in total. The fourth-order valence-electron chi connectivity index (χ4n) is 5.77. The number of rotatable bonds is 14. The quantitative estimate of drug-likeness (QED) is 0.178. The van der Waals surface area contributed by atoms with Crippen molar-refractivity contribution in [1.29, 1.82) is 0 Å². The molecule has 4 N–H and O–H groups in total. The molecule has 8 heteroatoms. The molecule has 1 aliphatic heterocycles. The van der Waals surface area contributed by atoms with E-state index in [2.05, 4.69) is 13.8 Å². The van der Waals surface area contributed by atoms with Gasteiger partial charge in [0.2, 0.25) is 0 Å². The van der Waals surface area contributed by atoms with Crippen LogP contribution in [-0.4, -0.2) is 57.8 Å². The van der Waals surface area contributed by atoms with Gasteiger partial charge in [0, 0.05) is 37.5 Å². The SMILES string of the molecule is CCCCC1(CCCC)CS(O)(O)c2ccc(N(C)C)cc2C(c2ccc(OCCCCC(=O)O)cc2)C1O. The summed E-state index contributed by atoms with van der Waals surface area (Å²) in [7, 11) is 0.771. The summed E-state index contributed by atoms with van der Waals surface area (Å²) in [5.74, 6) is -0.368. The van der Waals surface area contributed by atoms with E-state index in [-0.39, 0.29) is 12.2 Å². The lowest BCUT2D eigenvalue weighted by molar-refractivity contribution is -0.137. The molecule has 1 heterocycles. The number of benzene rings is 2. The molecule has 0 aromatic heterocycles. The molecule has 0 spiro atoms. The van der Waals surface area contributed by atoms with Crippen LogP contribution in [0.4, 0.5) is 5.69 Å². The number of ether oxygens (including phenoxy) is 1. The van der Waals surface area contributed by atoms with Crippen LogP contribution in [0.15, 0.2) is 47.4 Å². The summed E-state index contributed by atoms with van der Waals surface area (Å²) in [6.45, 7) is 4.70. The van der Waals surface area contributed by atoms with Gasteiger partial charge in [-0.2, -0.15) is 10.6 Å². The van der Waals surface area contributed by atoms with E-state index in [0.29, 0.717) is 30.1 Å². The van der Waals surface area contributed by atoms with Gasteiger partial charge in [0.15, 0.2) is 0 Å². The van der Waals surface area contributed by atoms with Crippen LogP contribution >= 0.6 is 10.6 Å². The lowest BCUT2D eigenvalue weighted by atomic mass is 9.68. The Morgan fingerprint density at radius 1 is 1.00 bits per heavy atom. The summed E-state index contributed by atoms with van der Waals surface area (Å²) in [5, 5.41) is 21.1. The maximum atomic E-state index is 12.3. The number of unbranched alkanes of at least 4 members (excludes halogenated alkanes) is 3. The van der Waals surface area contributed by atoms with Gasteiger partial charge in [-0.15, -0.1) is 0 Å². The molecule has 2 atom stereocenters. The first kappa shape index (κ1) is 31.3. The van der Waals surface area contributed by atoms with Gasteiger partial charge in [0.25, 0.3) is 0 Å². The molecule has 0 fully saturated rings. The Labute approximate surface area is 235 Å². The molecule has 3 rings (SSSR count). The molecule has 2 aromatic rings. The molecule has 0 radical (unpaired) electrons. The number of aliphatic hydroxyl groups is 1. The highest BCUT2D eigenvalue weighted by molar-refractivity contribution is 8.24. The second-order valence-electron chi connectivity index (χ2n) is 11.2. The van der Waals surface area contributed by atoms with Crippen molar-refractivity contribution < 1.29 is 28.8 Å². The first-order chi connectivity index (χ1) is 18.5. The zero-order valence-electron chi connectivity index (χ0n) is 23.9. The lowest BCUT2D eigenvalue weighted by Gasteiger charge is -2.44. The summed E-state index contributed by atoms with van der Waals surface area (Å²) < 4.78 is 29.1. The fraction of sp³-hybridized carbons (Fsp3) is 0.581. The van der Waals surface area contributed by atoms with E-state index < -0.39 is 34.0 Å². The van der Waals surface area contributed by atoms with E-state index in [1.165, 1.54) is 0 Å². The van der Waals surface area contributed by atoms with E-state index in [4.69, 9.17) is 9.84 Å². The van der Waals surface area contributed by atoms with Crippen LogP contribution in [-0.2, 0) is 4.79 Å². The smallest absolute Gasteiger partial charge is 0.303 e. The van der Waals surface area contributed by atoms with Gasteiger partial charge in [-0.05, 0) is 67.1 Å². The first-order valence-electron chi connectivity index (χ1n) is 14.2. The van der Waals surface area contributed by atoms with Crippen molar-refractivity contribution in [2.75, 3.05) is 31.4 Å². The maximum Gasteiger partial charge on any atom is 0.303 e. The second-order valence-corrected chi connectivity index (χ2v) is 13.3. The Morgan fingerprint density at radius 2 is 1.64 bits per heavy atom. The van der Waals surface area contributed by atoms with Gasteiger partial charge in [0.05, 0.1) is 23.4 Å². The van der Waals surface area contributed by atoms with Crippen LogP contribution in [0.3, 0.4) is 0 Å². The minimum atomic E-state index is -3.14. The molecule has 0 bridgehead atoms. The third kappa shape index (κ3) is 7.69. The largest absolute Gasteiger partial charge is 0.494 e. The summed E-state index contributed by atoms with van der Waals surface area (Å²) in [6.07, 6.45) is 5.82. The van der Waals surface area contributed by atoms with E-state index in [1.54, 1.807) is 0 Å². The number of hydrogen-bond donors (Lipinski definition) is 4. The number of aliphatic hydroxyl groups excluding tert-OH is 1. The number of aliphatic carboxylic acids is 1. The predicted molar refractivity (Wildman–Crippen MR) is 160 cm³/mol. The van der Waals surface area contributed by atoms with Crippen molar-refractivity contribution in [3.05, 3.63) is 53.6 Å². The van der Waals surface area contributed by atoms with Gasteiger partial charge in [-0.3, -0.25) is 13.9 Å². The van der Waals surface area contributed by atoms with Crippen molar-refractivity contribution in [2.24, 2.45) is 5.41 Å². The fourth-order valence-corrected chi connectivity index (χ4v) is 8.03. The zero-order valence-corrected chi connectivity index (χ0v) is 24.8. The Kier molecular flexibility index (Phi) is 11.1. The van der Waals surface area contributed by atoms with Gasteiger partial charge in [-0.25, -0.2) is 0 Å². The van der Waals surface area contributed by atoms with Crippen molar-refractivity contribution in [1.82, 2.24) is 0 Å². The molecular formula is C31H47NO6S. The molecule has 0 saturated carbocycles. The van der Waals surface area contributed by atoms with Crippen LogP contribution in [0.25, 0.3) is 0 Å². The lowest BCUT2D eigenvalue weighted by Crippen LogP contribution is -2.42. The molecule has 0 aliphatic carbocycles. The molecule has 1 aliphatic rings. The normalized spacial score (nSPS) is 20.5. The molecule has 218 valence electrons. The first-order valence-corrected chi connectivity index (χ1v) is 16.0. The number of nitrogens with zero attached hydrogens (tertiary/aromatic N) is 1. The summed E-state index contributed by atoms with van der Waals surface area (Å²) in [5.41, 5.74) is 2.00. The number of carbonyl (C=O) groups is 1. The van der Waals surface area contributed by atoms with Gasteiger partial charge in [-0.1, -0.05) is 51.7 Å². The minimum Gasteiger partial charge on any atom is -0.494 e. The van der Waals surface area contributed by atoms with Crippen LogP contribution in [0.1, 0.15) is 88.7 Å². The molecule has 2 aromatic carbocycles. The maximum absolute atomic E-state index is 12.3. The van der Waals surface area contributed by atoms with Crippen molar-refractivity contribution in [3.8, 4) is 5.75 Å². The number of carboxylic acid groups (broad SMARTS) is 1. The average Bonchev–Trinajstić information content (AvgIpc) is 2.97. The topological polar surface area (TPSA) is 110 Å². The summed E-state index contributed by atoms with van der Waals surface area (Å²) >= 11 is 0. The van der Waals surface area contributed by atoms with Crippen LogP contribution < -0.4 is 9.64 Å². The molecule has 2 unspecified atom stereocenters. The van der Waals surface area contributed by atoms with Gasteiger partial charge < -0.3 is 19.8 Å². The van der Waals surface area contributed by atoms with E-state index in [1.807, 2.05) is 61.5 Å². The number of carboxylic acids is 1. The highest BCUT2D eigenvalue weighted by Crippen LogP contribution is 2.62. The van der Waals surface area contributed by atoms with E-state index in [0.717, 1.165) is 55.3 Å². The number of fused-ring (bicyclic) bond motifs is 1. The average molecular weight is 562 g/mol. The van der Waals surface area contributed by atoms with E-state index >= 15 is 0 Å². The Morgan fingerprint density at radius 3 is 2.21 bits per heavy atom. The van der Waals surface area contributed by atoms with Crippen molar-refractivity contribution in [3.63, 3.8) is 0 Å². The standard InChI is InChI=1S/C31H47NO6S/c1-5-7-18-31(19-8-6-2)22-39(36,37)27-17-14-24(32(3)4)21-26(27)29(30(31)35)23-12-15-25(16-13-23)38-20-10-9-11-28(33)34/h12-17,21,29-30,35-37H,5-11,18-20,22H2,1-4H3,(H,33,34). The zero-order chi connectivity index (χ0) is 28.6. The van der Waals surface area contributed by atoms with Crippen LogP contribution in [0.2, 0.25) is 0 Å². The number of hydrogen-bond acceptors (Lipinski definition) is 6. The van der Waals surface area contributed by atoms with E-state index in [9.17, 15) is 19.0 Å². The second kappa shape index (κ2) is 13.9. The van der Waals surface area contributed by atoms with Gasteiger partial charge >= 0.3 is 5.97 Å². The summed E-state index contributed by atoms with van der Waals surface area (Å²) in [6, 6.07) is 13.5. The number of anilines is 1. The highest BCUT2D eigenvalue weighted by Gasteiger charge is 2.49. The van der Waals surface area contributed by atoms with Crippen LogP contribution in [0.5, 0.6) is 5.75 Å². The summed E-state index contributed by atoms with van der Waals surface area (Å²) in [4.78, 5) is 13.2. The molecular weight excluding hydrogens is 514 g/mol.